The number of nitrogens with one attached hydrogen (secondary N) is 1. The number of fused-ring (bicyclic) bond motifs is 1. The molecule has 0 amide bonds. The van der Waals surface area contributed by atoms with Crippen molar-refractivity contribution >= 4 is 34.0 Å². The van der Waals surface area contributed by atoms with Crippen LogP contribution < -0.4 is 23.8 Å². The third-order valence-corrected chi connectivity index (χ3v) is 6.38. The third-order valence-electron chi connectivity index (χ3n) is 6.15. The number of rotatable bonds is 11. The van der Waals surface area contributed by atoms with Crippen molar-refractivity contribution in [1.29, 1.82) is 0 Å². The molecule has 0 spiro atoms. The Morgan fingerprint density at radius 2 is 1.77 bits per heavy atom. The molecule has 0 saturated heterocycles. The van der Waals surface area contributed by atoms with Gasteiger partial charge in [-0.25, -0.2) is 0 Å². The summed E-state index contributed by atoms with van der Waals surface area (Å²) in [6.07, 6.45) is -3.45. The molecule has 12 heteroatoms. The molecule has 8 nitrogen and oxygen atoms in total. The number of hydrogen-bond donors (Lipinski definition) is 2. The van der Waals surface area contributed by atoms with Crippen molar-refractivity contribution in [2.45, 2.75) is 12.4 Å². The van der Waals surface area contributed by atoms with Crippen molar-refractivity contribution in [3.63, 3.8) is 0 Å². The molecule has 0 aliphatic carbocycles. The highest BCUT2D eigenvalue weighted by atomic mass is 35.5. The van der Waals surface area contributed by atoms with Gasteiger partial charge in [-0.2, -0.15) is 0 Å². The largest absolute Gasteiger partial charge is 0.573 e. The Morgan fingerprint density at radius 1 is 1.02 bits per heavy atom. The first kappa shape index (κ1) is 28.9. The first-order valence-electron chi connectivity index (χ1n) is 11.9. The first-order valence-corrected chi connectivity index (χ1v) is 12.3. The maximum Gasteiger partial charge on any atom is 0.573 e. The Labute approximate surface area is 232 Å². The van der Waals surface area contributed by atoms with E-state index in [0.717, 1.165) is 12.1 Å². The molecule has 0 radical (unpaired) electrons. The number of H-pyrrole nitrogens is 1. The summed E-state index contributed by atoms with van der Waals surface area (Å²) in [6.45, 7) is -0.159. The summed E-state index contributed by atoms with van der Waals surface area (Å²) >= 11 is 6.19. The zero-order valence-corrected chi connectivity index (χ0v) is 22.5. The molecule has 0 bridgehead atoms. The monoisotopic (exact) mass is 578 g/mol. The molecule has 1 unspecified atom stereocenters. The zero-order valence-electron chi connectivity index (χ0n) is 21.7. The number of aromatic nitrogens is 1. The van der Waals surface area contributed by atoms with E-state index >= 15 is 0 Å². The van der Waals surface area contributed by atoms with Gasteiger partial charge in [0, 0.05) is 64.2 Å². The number of alkyl halides is 3. The summed E-state index contributed by atoms with van der Waals surface area (Å²) in [4.78, 5) is 18.9. The van der Waals surface area contributed by atoms with E-state index in [-0.39, 0.29) is 24.2 Å². The lowest BCUT2D eigenvalue weighted by atomic mass is 9.94. The number of carbonyl (C=O) groups is 1. The van der Waals surface area contributed by atoms with Gasteiger partial charge in [0.25, 0.3) is 0 Å². The fourth-order valence-corrected chi connectivity index (χ4v) is 4.52. The minimum Gasteiger partial charge on any atom is -0.497 e. The quantitative estimate of drug-likeness (QED) is 0.206. The molecule has 0 saturated carbocycles. The van der Waals surface area contributed by atoms with Crippen LogP contribution in [-0.4, -0.2) is 56.7 Å². The van der Waals surface area contributed by atoms with Gasteiger partial charge < -0.3 is 33.9 Å². The Kier molecular flexibility index (Phi) is 8.65. The number of halogens is 4. The predicted octanol–water partition coefficient (Wildman–Crippen LogP) is 6.17. The highest BCUT2D eigenvalue weighted by molar-refractivity contribution is 6.30. The average molecular weight is 579 g/mol. The van der Waals surface area contributed by atoms with Crippen LogP contribution in [0.5, 0.6) is 23.0 Å². The molecule has 1 heterocycles. The van der Waals surface area contributed by atoms with E-state index in [9.17, 15) is 23.1 Å². The van der Waals surface area contributed by atoms with Crippen LogP contribution in [-0.2, 0) is 0 Å². The van der Waals surface area contributed by atoms with Crippen LogP contribution in [0.2, 0.25) is 5.02 Å². The van der Waals surface area contributed by atoms with Gasteiger partial charge in [0.05, 0.1) is 20.8 Å². The van der Waals surface area contributed by atoms with Gasteiger partial charge in [0.15, 0.2) is 5.78 Å². The molecule has 0 aliphatic heterocycles. The molecular weight excluding hydrogens is 553 g/mol. The minimum atomic E-state index is -4.89. The SMILES string of the molecule is COc1cc(OCCO)cc(N(C)C(C(=O)c2c[nH]c3ccc(OC(F)(F)F)cc23)c2ccc(Cl)cc2OC)c1. The van der Waals surface area contributed by atoms with Gasteiger partial charge in [0.1, 0.15) is 35.6 Å². The number of methoxy groups -OCH3 is 2. The highest BCUT2D eigenvalue weighted by Crippen LogP contribution is 2.39. The van der Waals surface area contributed by atoms with Crippen LogP contribution >= 0.6 is 11.6 Å². The topological polar surface area (TPSA) is 93.2 Å². The van der Waals surface area contributed by atoms with E-state index in [0.29, 0.717) is 39.0 Å². The van der Waals surface area contributed by atoms with Gasteiger partial charge in [-0.1, -0.05) is 17.7 Å². The number of anilines is 1. The van der Waals surface area contributed by atoms with Gasteiger partial charge in [-0.3, -0.25) is 4.79 Å². The lowest BCUT2D eigenvalue weighted by Crippen LogP contribution is -2.31. The summed E-state index contributed by atoms with van der Waals surface area (Å²) in [5.41, 5.74) is 1.56. The summed E-state index contributed by atoms with van der Waals surface area (Å²) in [5.74, 6) is 0.261. The predicted molar refractivity (Wildman–Crippen MR) is 144 cm³/mol. The molecule has 212 valence electrons. The van der Waals surface area contributed by atoms with E-state index in [1.807, 2.05) is 0 Å². The summed E-state index contributed by atoms with van der Waals surface area (Å²) in [7, 11) is 4.59. The number of nitrogens with zero attached hydrogens (tertiary/aromatic N) is 1. The number of Topliss-reactive ketones (excluding diaryl/α,β-unsaturated/α-hetero) is 1. The Morgan fingerprint density at radius 3 is 2.45 bits per heavy atom. The lowest BCUT2D eigenvalue weighted by molar-refractivity contribution is -0.274. The molecule has 1 atom stereocenters. The minimum absolute atomic E-state index is 0.0430. The fourth-order valence-electron chi connectivity index (χ4n) is 4.36. The number of ketones is 1. The van der Waals surface area contributed by atoms with Gasteiger partial charge in [-0.05, 0) is 30.3 Å². The third kappa shape index (κ3) is 6.37. The second-order valence-electron chi connectivity index (χ2n) is 8.66. The molecule has 0 aliphatic rings. The van der Waals surface area contributed by atoms with E-state index < -0.39 is 23.9 Å². The van der Waals surface area contributed by atoms with Crippen LogP contribution in [0.3, 0.4) is 0 Å². The Hall–Kier alpha value is -4.09. The molecular formula is C28H26ClF3N2O6. The number of carbonyl (C=O) groups excluding carboxylic acids is 1. The number of likely N-dealkylation sites (N-methyl/N-ethyl adjacent to an activating group) is 1. The number of aliphatic hydroxyl groups is 1. The second kappa shape index (κ2) is 12.0. The first-order chi connectivity index (χ1) is 19.0. The zero-order chi connectivity index (χ0) is 29.0. The van der Waals surface area contributed by atoms with Crippen molar-refractivity contribution < 1.29 is 42.0 Å². The summed E-state index contributed by atoms with van der Waals surface area (Å²) in [5, 5.41) is 9.82. The van der Waals surface area contributed by atoms with Crippen LogP contribution in [0.15, 0.2) is 60.8 Å². The van der Waals surface area contributed by atoms with Crippen molar-refractivity contribution in [3.05, 3.63) is 76.9 Å². The maximum absolute atomic E-state index is 14.3. The standard InChI is InChI=1S/C28H26ClF3N2O6/c1-34(17-11-19(37-2)13-20(12-17)39-9-8-35)26(21-6-4-16(29)10-25(21)38-3)27(36)23-15-33-24-7-5-18(14-22(23)24)40-28(30,31)32/h4-7,10-15,26,33,35H,8-9H2,1-3H3. The lowest BCUT2D eigenvalue weighted by Gasteiger charge is -2.31. The fraction of sp³-hybridized carbons (Fsp3) is 0.250. The van der Waals surface area contributed by atoms with Crippen LogP contribution in [0.25, 0.3) is 10.9 Å². The van der Waals surface area contributed by atoms with E-state index in [2.05, 4.69) is 9.72 Å². The molecule has 4 aromatic rings. The Balaban J connectivity index is 1.86. The van der Waals surface area contributed by atoms with E-state index in [1.54, 1.807) is 48.3 Å². The molecule has 3 aromatic carbocycles. The van der Waals surface area contributed by atoms with Gasteiger partial charge in [0.2, 0.25) is 0 Å². The van der Waals surface area contributed by atoms with E-state index in [1.165, 1.54) is 26.5 Å². The summed E-state index contributed by atoms with van der Waals surface area (Å²) < 4.78 is 59.3. The van der Waals surface area contributed by atoms with Crippen molar-refractivity contribution in [2.75, 3.05) is 39.4 Å². The smallest absolute Gasteiger partial charge is 0.497 e. The number of benzene rings is 3. The van der Waals surface area contributed by atoms with Crippen LogP contribution in [0.4, 0.5) is 18.9 Å². The molecule has 0 fully saturated rings. The number of aliphatic hydroxyl groups excluding tert-OH is 1. The van der Waals surface area contributed by atoms with Crippen molar-refractivity contribution in [1.82, 2.24) is 4.98 Å². The Bertz CT molecular complexity index is 1510. The van der Waals surface area contributed by atoms with Crippen molar-refractivity contribution in [3.8, 4) is 23.0 Å². The maximum atomic E-state index is 14.3. The summed E-state index contributed by atoms with van der Waals surface area (Å²) in [6, 6.07) is 12.5. The number of hydrogen-bond acceptors (Lipinski definition) is 7. The number of aromatic amines is 1. The molecule has 2 N–H and O–H groups in total. The normalized spacial score (nSPS) is 12.2. The average Bonchev–Trinajstić information content (AvgIpc) is 3.34. The molecule has 1 aromatic heterocycles. The van der Waals surface area contributed by atoms with Gasteiger partial charge >= 0.3 is 6.36 Å². The highest BCUT2D eigenvalue weighted by Gasteiger charge is 2.33. The second-order valence-corrected chi connectivity index (χ2v) is 9.10. The van der Waals surface area contributed by atoms with Gasteiger partial charge in [-0.15, -0.1) is 13.2 Å². The van der Waals surface area contributed by atoms with Crippen molar-refractivity contribution in [2.24, 2.45) is 0 Å². The molecule has 4 rings (SSSR count). The van der Waals surface area contributed by atoms with Crippen LogP contribution in [0, 0.1) is 0 Å². The molecule has 40 heavy (non-hydrogen) atoms. The van der Waals surface area contributed by atoms with E-state index in [4.69, 9.17) is 25.8 Å². The van der Waals surface area contributed by atoms with Crippen LogP contribution in [0.1, 0.15) is 22.0 Å². The number of ether oxygens (including phenoxy) is 4.